The van der Waals surface area contributed by atoms with Gasteiger partial charge in [-0.15, -0.1) is 0 Å². The molecule has 1 N–H and O–H groups in total. The van der Waals surface area contributed by atoms with Crippen LogP contribution in [-0.2, 0) is 4.79 Å². The number of carbonyl (C=O) groups is 1. The van der Waals surface area contributed by atoms with Crippen LogP contribution >= 0.6 is 0 Å². The van der Waals surface area contributed by atoms with Crippen LogP contribution in [0.15, 0.2) is 0 Å². The van der Waals surface area contributed by atoms with Crippen molar-refractivity contribution in [2.75, 3.05) is 0 Å². The summed E-state index contributed by atoms with van der Waals surface area (Å²) in [5, 5.41) is 8.57. The fourth-order valence-electron chi connectivity index (χ4n) is 2.81. The van der Waals surface area contributed by atoms with Gasteiger partial charge in [0, 0.05) is 6.42 Å². The van der Waals surface area contributed by atoms with Crippen LogP contribution < -0.4 is 0 Å². The Morgan fingerprint density at radius 1 is 1.45 bits per heavy atom. The quantitative estimate of drug-likeness (QED) is 0.659. The zero-order valence-electron chi connectivity index (χ0n) is 6.62. The predicted octanol–water partition coefficient (Wildman–Crippen LogP) is 1.90. The fraction of sp³-hybridized carbons (Fsp3) is 0.889. The van der Waals surface area contributed by atoms with Crippen molar-refractivity contribution in [3.8, 4) is 0 Å². The van der Waals surface area contributed by atoms with E-state index in [4.69, 9.17) is 5.11 Å². The van der Waals surface area contributed by atoms with Crippen LogP contribution in [0.5, 0.6) is 0 Å². The Morgan fingerprint density at radius 2 is 2.27 bits per heavy atom. The van der Waals surface area contributed by atoms with E-state index in [9.17, 15) is 4.79 Å². The van der Waals surface area contributed by atoms with Crippen LogP contribution in [0.25, 0.3) is 0 Å². The van der Waals surface area contributed by atoms with Gasteiger partial charge in [0.2, 0.25) is 0 Å². The molecule has 3 atom stereocenters. The molecule has 2 aliphatic rings. The molecule has 2 aliphatic carbocycles. The molecule has 0 aliphatic heterocycles. The molecule has 2 heteroatoms. The van der Waals surface area contributed by atoms with Crippen LogP contribution in [-0.4, -0.2) is 11.1 Å². The summed E-state index contributed by atoms with van der Waals surface area (Å²) in [5.74, 6) is 1.60. The number of hydrogen-bond donors (Lipinski definition) is 1. The molecule has 11 heavy (non-hydrogen) atoms. The van der Waals surface area contributed by atoms with E-state index in [1.54, 1.807) is 0 Å². The van der Waals surface area contributed by atoms with Crippen LogP contribution in [0.1, 0.15) is 32.1 Å². The highest BCUT2D eigenvalue weighted by molar-refractivity contribution is 5.67. The number of aliphatic carboxylic acids is 1. The molecular formula is C9H14O2. The minimum Gasteiger partial charge on any atom is -0.481 e. The molecule has 0 bridgehead atoms. The van der Waals surface area contributed by atoms with Gasteiger partial charge in [-0.3, -0.25) is 4.79 Å². The third-order valence-corrected chi connectivity index (χ3v) is 3.37. The van der Waals surface area contributed by atoms with Gasteiger partial charge in [-0.25, -0.2) is 0 Å². The first-order valence-electron chi connectivity index (χ1n) is 4.49. The molecule has 0 spiro atoms. The van der Waals surface area contributed by atoms with E-state index in [1.165, 1.54) is 25.7 Å². The minimum atomic E-state index is -0.611. The maximum atomic E-state index is 10.4. The van der Waals surface area contributed by atoms with E-state index in [2.05, 4.69) is 0 Å². The molecule has 0 heterocycles. The second-order valence-electron chi connectivity index (χ2n) is 3.95. The molecule has 2 rings (SSSR count). The van der Waals surface area contributed by atoms with Gasteiger partial charge in [0.05, 0.1) is 0 Å². The Labute approximate surface area is 66.6 Å². The SMILES string of the molecule is O=C(O)C[C@H]1CC2CCCC21. The van der Waals surface area contributed by atoms with E-state index >= 15 is 0 Å². The summed E-state index contributed by atoms with van der Waals surface area (Å²) in [7, 11) is 0. The lowest BCUT2D eigenvalue weighted by molar-refractivity contribution is -0.140. The predicted molar refractivity (Wildman–Crippen MR) is 41.2 cm³/mol. The first-order chi connectivity index (χ1) is 5.27. The summed E-state index contributed by atoms with van der Waals surface area (Å²) in [4.78, 5) is 10.4. The molecule has 0 aromatic carbocycles. The van der Waals surface area contributed by atoms with Gasteiger partial charge in [-0.2, -0.15) is 0 Å². The van der Waals surface area contributed by atoms with E-state index in [0.717, 1.165) is 11.8 Å². The standard InChI is InChI=1S/C9H14O2/c10-9(11)5-7-4-6-2-1-3-8(6)7/h6-8H,1-5H2,(H,10,11)/t6?,7-,8?/m1/s1. The van der Waals surface area contributed by atoms with Crippen LogP contribution in [0.3, 0.4) is 0 Å². The largest absolute Gasteiger partial charge is 0.481 e. The highest BCUT2D eigenvalue weighted by Gasteiger charge is 2.43. The first kappa shape index (κ1) is 7.14. The second-order valence-corrected chi connectivity index (χ2v) is 3.95. The summed E-state index contributed by atoms with van der Waals surface area (Å²) in [6.07, 6.45) is 5.60. The molecule has 2 nitrogen and oxygen atoms in total. The molecule has 0 aromatic rings. The normalized spacial score (nSPS) is 41.3. The highest BCUT2D eigenvalue weighted by atomic mass is 16.4. The second kappa shape index (κ2) is 2.50. The van der Waals surface area contributed by atoms with Crippen molar-refractivity contribution >= 4 is 5.97 Å². The zero-order chi connectivity index (χ0) is 7.84. The molecule has 2 unspecified atom stereocenters. The number of carboxylic acids is 1. The Hall–Kier alpha value is -0.530. The number of fused-ring (bicyclic) bond motifs is 1. The molecule has 2 fully saturated rings. The summed E-state index contributed by atoms with van der Waals surface area (Å²) < 4.78 is 0. The van der Waals surface area contributed by atoms with Gasteiger partial charge in [-0.05, 0) is 30.6 Å². The van der Waals surface area contributed by atoms with Gasteiger partial charge in [0.15, 0.2) is 0 Å². The first-order valence-corrected chi connectivity index (χ1v) is 4.49. The van der Waals surface area contributed by atoms with Gasteiger partial charge in [0.25, 0.3) is 0 Å². The summed E-state index contributed by atoms with van der Waals surface area (Å²) >= 11 is 0. The molecule has 62 valence electrons. The lowest BCUT2D eigenvalue weighted by Gasteiger charge is -2.39. The summed E-state index contributed by atoms with van der Waals surface area (Å²) in [6.45, 7) is 0. The Balaban J connectivity index is 1.85. The van der Waals surface area contributed by atoms with Crippen molar-refractivity contribution in [2.24, 2.45) is 17.8 Å². The van der Waals surface area contributed by atoms with Gasteiger partial charge in [-0.1, -0.05) is 12.8 Å². The average molecular weight is 154 g/mol. The topological polar surface area (TPSA) is 37.3 Å². The molecular weight excluding hydrogens is 140 g/mol. The molecule has 0 amide bonds. The van der Waals surface area contributed by atoms with E-state index < -0.39 is 5.97 Å². The lowest BCUT2D eigenvalue weighted by atomic mass is 9.65. The monoisotopic (exact) mass is 154 g/mol. The number of hydrogen-bond acceptors (Lipinski definition) is 1. The highest BCUT2D eigenvalue weighted by Crippen LogP contribution is 2.52. The van der Waals surface area contributed by atoms with Crippen molar-refractivity contribution in [1.29, 1.82) is 0 Å². The van der Waals surface area contributed by atoms with Crippen molar-refractivity contribution in [1.82, 2.24) is 0 Å². The molecule has 0 radical (unpaired) electrons. The van der Waals surface area contributed by atoms with Crippen molar-refractivity contribution in [3.05, 3.63) is 0 Å². The summed E-state index contributed by atoms with van der Waals surface area (Å²) in [6, 6.07) is 0. The zero-order valence-corrected chi connectivity index (χ0v) is 6.62. The molecule has 2 saturated carbocycles. The fourth-order valence-corrected chi connectivity index (χ4v) is 2.81. The number of carboxylic acid groups (broad SMARTS) is 1. The maximum Gasteiger partial charge on any atom is 0.303 e. The smallest absolute Gasteiger partial charge is 0.303 e. The Kier molecular flexibility index (Phi) is 1.63. The average Bonchev–Trinajstić information content (AvgIpc) is 2.26. The third kappa shape index (κ3) is 1.15. The van der Waals surface area contributed by atoms with Crippen LogP contribution in [0, 0.1) is 17.8 Å². The Bertz CT molecular complexity index is 176. The van der Waals surface area contributed by atoms with Crippen molar-refractivity contribution in [2.45, 2.75) is 32.1 Å². The van der Waals surface area contributed by atoms with Crippen LogP contribution in [0.4, 0.5) is 0 Å². The lowest BCUT2D eigenvalue weighted by Crippen LogP contribution is -2.33. The van der Waals surface area contributed by atoms with E-state index in [0.29, 0.717) is 12.3 Å². The maximum absolute atomic E-state index is 10.4. The van der Waals surface area contributed by atoms with Gasteiger partial charge >= 0.3 is 5.97 Å². The van der Waals surface area contributed by atoms with Crippen LogP contribution in [0.2, 0.25) is 0 Å². The van der Waals surface area contributed by atoms with E-state index in [1.807, 2.05) is 0 Å². The van der Waals surface area contributed by atoms with Gasteiger partial charge < -0.3 is 5.11 Å². The third-order valence-electron chi connectivity index (χ3n) is 3.37. The number of rotatable bonds is 2. The summed E-state index contributed by atoms with van der Waals surface area (Å²) in [5.41, 5.74) is 0. The Morgan fingerprint density at radius 3 is 2.91 bits per heavy atom. The molecule has 0 aromatic heterocycles. The molecule has 0 saturated heterocycles. The van der Waals surface area contributed by atoms with Gasteiger partial charge in [0.1, 0.15) is 0 Å². The van der Waals surface area contributed by atoms with Crippen molar-refractivity contribution in [3.63, 3.8) is 0 Å². The minimum absolute atomic E-state index is 0.418. The van der Waals surface area contributed by atoms with Crippen molar-refractivity contribution < 1.29 is 9.90 Å². The van der Waals surface area contributed by atoms with E-state index in [-0.39, 0.29) is 0 Å².